The molecule has 5 nitrogen and oxygen atoms in total. The van der Waals surface area contributed by atoms with E-state index in [4.69, 9.17) is 0 Å². The molecule has 136 valence electrons. The summed E-state index contributed by atoms with van der Waals surface area (Å²) in [4.78, 5) is 14.9. The van der Waals surface area contributed by atoms with E-state index in [1.165, 1.54) is 63.6 Å². The Kier molecular flexibility index (Phi) is 4.27. The largest absolute Gasteiger partial charge is 0.342 e. The Hall–Kier alpha value is -1.04. The van der Waals surface area contributed by atoms with Crippen molar-refractivity contribution in [2.24, 2.45) is 11.8 Å². The molecule has 0 radical (unpaired) electrons. The van der Waals surface area contributed by atoms with Crippen molar-refractivity contribution < 1.29 is 4.79 Å². The van der Waals surface area contributed by atoms with Crippen LogP contribution in [0.15, 0.2) is 5.16 Å². The molecule has 5 rings (SSSR count). The van der Waals surface area contributed by atoms with Crippen LogP contribution in [0.5, 0.6) is 0 Å². The lowest BCUT2D eigenvalue weighted by Gasteiger charge is -2.41. The van der Waals surface area contributed by atoms with Crippen LogP contribution in [0.3, 0.4) is 0 Å². The fourth-order valence-corrected chi connectivity index (χ4v) is 5.64. The van der Waals surface area contributed by atoms with E-state index in [9.17, 15) is 4.79 Å². The monoisotopic (exact) mass is 360 g/mol. The second-order valence-corrected chi connectivity index (χ2v) is 9.38. The summed E-state index contributed by atoms with van der Waals surface area (Å²) in [6.45, 7) is 1.95. The third kappa shape index (κ3) is 3.34. The van der Waals surface area contributed by atoms with Crippen LogP contribution in [0.25, 0.3) is 0 Å². The van der Waals surface area contributed by atoms with Gasteiger partial charge < -0.3 is 9.47 Å². The Balaban J connectivity index is 1.21. The lowest BCUT2D eigenvalue weighted by molar-refractivity contribution is -0.131. The van der Waals surface area contributed by atoms with Gasteiger partial charge in [-0.05, 0) is 50.4 Å². The molecule has 1 aromatic heterocycles. The first-order valence-electron chi connectivity index (χ1n) is 10.1. The van der Waals surface area contributed by atoms with Crippen molar-refractivity contribution in [3.63, 3.8) is 0 Å². The summed E-state index contributed by atoms with van der Waals surface area (Å²) < 4.78 is 2.35. The first-order valence-corrected chi connectivity index (χ1v) is 11.1. The summed E-state index contributed by atoms with van der Waals surface area (Å²) in [7, 11) is 0. The van der Waals surface area contributed by atoms with Gasteiger partial charge in [0, 0.05) is 25.0 Å². The average Bonchev–Trinajstić information content (AvgIpc) is 3.58. The van der Waals surface area contributed by atoms with Gasteiger partial charge in [-0.2, -0.15) is 0 Å². The van der Waals surface area contributed by atoms with Gasteiger partial charge in [-0.3, -0.25) is 4.79 Å². The molecule has 0 spiro atoms. The van der Waals surface area contributed by atoms with Crippen LogP contribution in [0.1, 0.15) is 75.6 Å². The third-order valence-electron chi connectivity index (χ3n) is 6.51. The van der Waals surface area contributed by atoms with E-state index in [0.717, 1.165) is 30.1 Å². The van der Waals surface area contributed by atoms with Gasteiger partial charge in [-0.1, -0.05) is 31.0 Å². The topological polar surface area (TPSA) is 51.0 Å². The normalized spacial score (nSPS) is 29.5. The molecular weight excluding hydrogens is 332 g/mol. The molecule has 0 aromatic carbocycles. The number of hydrogen-bond donors (Lipinski definition) is 0. The van der Waals surface area contributed by atoms with Gasteiger partial charge >= 0.3 is 0 Å². The van der Waals surface area contributed by atoms with Crippen LogP contribution < -0.4 is 0 Å². The molecular formula is C19H28N4OS. The van der Waals surface area contributed by atoms with Gasteiger partial charge in [0.2, 0.25) is 5.91 Å². The molecule has 2 atom stereocenters. The Morgan fingerprint density at radius 1 is 1.00 bits per heavy atom. The molecule has 0 unspecified atom stereocenters. The summed E-state index contributed by atoms with van der Waals surface area (Å²) in [5, 5.41) is 9.85. The Labute approximate surface area is 153 Å². The van der Waals surface area contributed by atoms with Crippen molar-refractivity contribution in [1.82, 2.24) is 19.7 Å². The van der Waals surface area contributed by atoms with Crippen molar-refractivity contribution in [3.05, 3.63) is 5.82 Å². The molecule has 25 heavy (non-hydrogen) atoms. The molecule has 3 saturated carbocycles. The van der Waals surface area contributed by atoms with E-state index in [0.29, 0.717) is 23.6 Å². The number of carbonyl (C=O) groups is 1. The van der Waals surface area contributed by atoms with Crippen molar-refractivity contribution in [2.75, 3.05) is 18.8 Å². The lowest BCUT2D eigenvalue weighted by Crippen LogP contribution is -2.45. The molecule has 0 N–H and O–H groups in total. The summed E-state index contributed by atoms with van der Waals surface area (Å²) in [6, 6.07) is 0.598. The number of rotatable bonds is 5. The van der Waals surface area contributed by atoms with E-state index < -0.39 is 0 Å². The van der Waals surface area contributed by atoms with Gasteiger partial charge in [0.05, 0.1) is 5.75 Å². The second kappa shape index (κ2) is 6.60. The van der Waals surface area contributed by atoms with Gasteiger partial charge in [0.15, 0.2) is 5.16 Å². The van der Waals surface area contributed by atoms with Gasteiger partial charge in [-0.15, -0.1) is 10.2 Å². The Morgan fingerprint density at radius 2 is 1.80 bits per heavy atom. The number of carbonyl (C=O) groups excluding carboxylic acids is 1. The second-order valence-electron chi connectivity index (χ2n) is 8.44. The van der Waals surface area contributed by atoms with Crippen LogP contribution in [-0.2, 0) is 4.79 Å². The fourth-order valence-electron chi connectivity index (χ4n) is 4.73. The molecule has 1 aliphatic heterocycles. The van der Waals surface area contributed by atoms with Crippen LogP contribution in [0.4, 0.5) is 0 Å². The van der Waals surface area contributed by atoms with Crippen molar-refractivity contribution in [1.29, 1.82) is 0 Å². The smallest absolute Gasteiger partial charge is 0.233 e. The Bertz CT molecular complexity index is 652. The van der Waals surface area contributed by atoms with E-state index >= 15 is 0 Å². The number of aromatic nitrogens is 3. The number of piperidine rings is 1. The fraction of sp³-hybridized carbons (Fsp3) is 0.842. The maximum Gasteiger partial charge on any atom is 0.233 e. The molecule has 1 aromatic rings. The molecule has 1 saturated heterocycles. The number of thioether (sulfide) groups is 1. The highest BCUT2D eigenvalue weighted by molar-refractivity contribution is 7.99. The number of hydrogen-bond acceptors (Lipinski definition) is 4. The van der Waals surface area contributed by atoms with Crippen LogP contribution >= 0.6 is 11.8 Å². The van der Waals surface area contributed by atoms with Crippen LogP contribution in [0.2, 0.25) is 0 Å². The SMILES string of the molecule is O=C(CSc1nnc(C2CC2)n1C1CC1)N1CC[C@H]2CCCC[C@@H]2C1. The van der Waals surface area contributed by atoms with E-state index in [1.54, 1.807) is 11.8 Å². The van der Waals surface area contributed by atoms with Gasteiger partial charge in [-0.25, -0.2) is 0 Å². The number of fused-ring (bicyclic) bond motifs is 1. The average molecular weight is 361 g/mol. The molecule has 2 heterocycles. The predicted octanol–water partition coefficient (Wildman–Crippen LogP) is 3.62. The quantitative estimate of drug-likeness (QED) is 0.753. The molecule has 0 bridgehead atoms. The number of amides is 1. The zero-order valence-electron chi connectivity index (χ0n) is 14.9. The van der Waals surface area contributed by atoms with Crippen molar-refractivity contribution in [3.8, 4) is 0 Å². The minimum atomic E-state index is 0.298. The highest BCUT2D eigenvalue weighted by Gasteiger charge is 2.37. The van der Waals surface area contributed by atoms with Crippen LogP contribution in [-0.4, -0.2) is 44.4 Å². The molecule has 4 aliphatic rings. The summed E-state index contributed by atoms with van der Waals surface area (Å²) >= 11 is 1.61. The number of nitrogens with zero attached hydrogens (tertiary/aromatic N) is 4. The third-order valence-corrected chi connectivity index (χ3v) is 7.44. The zero-order valence-corrected chi connectivity index (χ0v) is 15.7. The Morgan fingerprint density at radius 3 is 2.56 bits per heavy atom. The van der Waals surface area contributed by atoms with Gasteiger partial charge in [0.1, 0.15) is 5.82 Å². The highest BCUT2D eigenvalue weighted by Crippen LogP contribution is 2.46. The van der Waals surface area contributed by atoms with E-state index in [2.05, 4.69) is 19.7 Å². The minimum Gasteiger partial charge on any atom is -0.342 e. The minimum absolute atomic E-state index is 0.298. The molecule has 3 aliphatic carbocycles. The maximum absolute atomic E-state index is 12.7. The highest BCUT2D eigenvalue weighted by atomic mass is 32.2. The first kappa shape index (κ1) is 16.2. The lowest BCUT2D eigenvalue weighted by atomic mass is 9.75. The van der Waals surface area contributed by atoms with Gasteiger partial charge in [0.25, 0.3) is 0 Å². The summed E-state index contributed by atoms with van der Waals surface area (Å²) in [5.74, 6) is 4.27. The molecule has 4 fully saturated rings. The van der Waals surface area contributed by atoms with Crippen LogP contribution in [0, 0.1) is 11.8 Å². The maximum atomic E-state index is 12.7. The zero-order chi connectivity index (χ0) is 16.8. The molecule has 6 heteroatoms. The van der Waals surface area contributed by atoms with E-state index in [1.807, 2.05) is 0 Å². The first-order chi connectivity index (χ1) is 12.3. The van der Waals surface area contributed by atoms with Crippen molar-refractivity contribution in [2.45, 2.75) is 74.9 Å². The number of likely N-dealkylation sites (tertiary alicyclic amines) is 1. The summed E-state index contributed by atoms with van der Waals surface area (Å²) in [5.41, 5.74) is 0. The standard InChI is InChI=1S/C19H28N4OS/c24-17(22-10-9-13-3-1-2-4-15(13)11-22)12-25-19-21-20-18(14-5-6-14)23(19)16-7-8-16/h13-16H,1-12H2/t13-,15-/m1/s1. The predicted molar refractivity (Wildman–Crippen MR) is 97.6 cm³/mol. The van der Waals surface area contributed by atoms with E-state index in [-0.39, 0.29) is 0 Å². The van der Waals surface area contributed by atoms with Crippen molar-refractivity contribution >= 4 is 17.7 Å². The molecule has 1 amide bonds. The summed E-state index contributed by atoms with van der Waals surface area (Å²) in [6.07, 6.45) is 11.7.